The summed E-state index contributed by atoms with van der Waals surface area (Å²) in [5, 5.41) is 4.03. The number of pyridine rings is 2. The first kappa shape index (κ1) is 25.5. The van der Waals surface area contributed by atoms with Gasteiger partial charge >= 0.3 is 0 Å². The molecule has 3 aromatic rings. The summed E-state index contributed by atoms with van der Waals surface area (Å²) in [6.45, 7) is 6.07. The van der Waals surface area contributed by atoms with E-state index in [-0.39, 0.29) is 29.9 Å². The van der Waals surface area contributed by atoms with Crippen LogP contribution in [-0.2, 0) is 22.6 Å². The molecule has 0 aliphatic heterocycles. The number of nitrogens with one attached hydrogen (secondary N) is 1. The minimum absolute atomic E-state index is 0.0417. The van der Waals surface area contributed by atoms with Gasteiger partial charge in [0, 0.05) is 30.3 Å². The number of carbonyl (C=O) groups excluding carboxylic acids is 2. The van der Waals surface area contributed by atoms with E-state index in [1.165, 1.54) is 12.3 Å². The molecule has 9 heteroatoms. The van der Waals surface area contributed by atoms with E-state index in [9.17, 15) is 14.4 Å². The molecule has 1 N–H and O–H groups in total. The summed E-state index contributed by atoms with van der Waals surface area (Å²) in [6, 6.07) is 9.91. The van der Waals surface area contributed by atoms with E-state index < -0.39 is 11.5 Å². The van der Waals surface area contributed by atoms with Gasteiger partial charge in [0.15, 0.2) is 0 Å². The van der Waals surface area contributed by atoms with Crippen molar-refractivity contribution >= 4 is 46.4 Å². The quantitative estimate of drug-likeness (QED) is 0.554. The van der Waals surface area contributed by atoms with Crippen molar-refractivity contribution in [3.05, 3.63) is 74.1 Å². The molecule has 0 fully saturated rings. The monoisotopic (exact) mass is 477 g/mol. The Kier molecular flexibility index (Phi) is 8.95. The molecule has 0 radical (unpaired) electrons. The molecule has 0 atom stereocenters. The zero-order valence-corrected chi connectivity index (χ0v) is 19.8. The number of methoxy groups -OCH3 is 1. The Labute approximate surface area is 196 Å². The lowest BCUT2D eigenvalue weighted by Gasteiger charge is -2.14. The van der Waals surface area contributed by atoms with Crippen LogP contribution in [0.4, 0.5) is 0 Å². The third-order valence-electron chi connectivity index (χ3n) is 4.42. The van der Waals surface area contributed by atoms with E-state index in [2.05, 4.69) is 10.3 Å². The van der Waals surface area contributed by atoms with Crippen LogP contribution in [0, 0.1) is 0 Å². The van der Waals surface area contributed by atoms with Gasteiger partial charge in [0.05, 0.1) is 17.2 Å². The van der Waals surface area contributed by atoms with Gasteiger partial charge in [-0.05, 0) is 50.6 Å². The largest absolute Gasteiger partial charge is 0.379 e. The molecule has 7 nitrogen and oxygen atoms in total. The number of ether oxygens (including phenoxy) is 1. The topological polar surface area (TPSA) is 90.3 Å². The maximum absolute atomic E-state index is 12.6. The first-order valence-corrected chi connectivity index (χ1v) is 10.5. The average Bonchev–Trinajstić information content (AvgIpc) is 2.75. The van der Waals surface area contributed by atoms with Crippen molar-refractivity contribution in [2.45, 2.75) is 39.5 Å². The van der Waals surface area contributed by atoms with E-state index in [1.807, 2.05) is 20.8 Å². The number of hydrogen-bond acceptors (Lipinski definition) is 5. The van der Waals surface area contributed by atoms with Gasteiger partial charge in [-0.1, -0.05) is 35.3 Å². The van der Waals surface area contributed by atoms with Gasteiger partial charge in [-0.25, -0.2) is 4.98 Å². The summed E-state index contributed by atoms with van der Waals surface area (Å²) >= 11 is 12.0. The lowest BCUT2D eigenvalue weighted by Crippen LogP contribution is -2.33. The summed E-state index contributed by atoms with van der Waals surface area (Å²) in [6.07, 6.45) is 2.00. The van der Waals surface area contributed by atoms with Crippen LogP contribution in [0.5, 0.6) is 0 Å². The number of aldehydes is 1. The Morgan fingerprint density at radius 3 is 2.38 bits per heavy atom. The van der Waals surface area contributed by atoms with Crippen molar-refractivity contribution in [2.75, 3.05) is 7.11 Å². The molecular formula is C23H25Cl2N3O4. The second kappa shape index (κ2) is 11.2. The number of amides is 1. The molecule has 2 aromatic heterocycles. The van der Waals surface area contributed by atoms with Gasteiger partial charge in [-0.2, -0.15) is 0 Å². The van der Waals surface area contributed by atoms with Crippen LogP contribution < -0.4 is 10.9 Å². The number of halogens is 2. The molecule has 1 amide bonds. The van der Waals surface area contributed by atoms with Crippen LogP contribution in [0.3, 0.4) is 0 Å². The van der Waals surface area contributed by atoms with Crippen LogP contribution in [0.25, 0.3) is 11.0 Å². The van der Waals surface area contributed by atoms with E-state index in [4.69, 9.17) is 27.9 Å². The molecule has 2 heterocycles. The van der Waals surface area contributed by atoms with E-state index in [0.29, 0.717) is 21.7 Å². The predicted octanol–water partition coefficient (Wildman–Crippen LogP) is 4.26. The molecule has 0 bridgehead atoms. The average molecular weight is 478 g/mol. The molecule has 0 saturated heterocycles. The summed E-state index contributed by atoms with van der Waals surface area (Å²) < 4.78 is 6.07. The van der Waals surface area contributed by atoms with Gasteiger partial charge in [-0.15, -0.1) is 0 Å². The zero-order chi connectivity index (χ0) is 23.9. The molecular weight excluding hydrogens is 453 g/mol. The Hall–Kier alpha value is -2.74. The third-order valence-corrected chi connectivity index (χ3v) is 5.00. The number of fused-ring (bicyclic) bond motifs is 1. The molecule has 32 heavy (non-hydrogen) atoms. The van der Waals surface area contributed by atoms with Crippen molar-refractivity contribution < 1.29 is 14.3 Å². The van der Waals surface area contributed by atoms with Crippen LogP contribution in [0.1, 0.15) is 36.7 Å². The number of nitrogens with zero attached hydrogens (tertiary/aromatic N) is 2. The molecule has 0 saturated carbocycles. The van der Waals surface area contributed by atoms with Crippen molar-refractivity contribution in [2.24, 2.45) is 0 Å². The fourth-order valence-corrected chi connectivity index (χ4v) is 2.84. The van der Waals surface area contributed by atoms with Crippen molar-refractivity contribution in [3.8, 4) is 0 Å². The molecule has 0 aliphatic rings. The first-order valence-electron chi connectivity index (χ1n) is 9.77. The number of benzene rings is 1. The number of aromatic nitrogens is 2. The highest BCUT2D eigenvalue weighted by Gasteiger charge is 2.17. The summed E-state index contributed by atoms with van der Waals surface area (Å²) in [5.41, 5.74) is 0.413. The second-order valence-electron chi connectivity index (χ2n) is 7.80. The SMILES string of the molecule is COC(C)(C)C.O=CCn1c(=O)c(C(=O)NCc2ccc(Cl)cc2)cc2c(Cl)ccnc21. The van der Waals surface area contributed by atoms with Gasteiger partial charge in [0.25, 0.3) is 11.5 Å². The Morgan fingerprint density at radius 2 is 1.81 bits per heavy atom. The van der Waals surface area contributed by atoms with Gasteiger partial charge < -0.3 is 14.8 Å². The fourth-order valence-electron chi connectivity index (χ4n) is 2.52. The highest BCUT2D eigenvalue weighted by Crippen LogP contribution is 2.21. The minimum atomic E-state index is -0.604. The van der Waals surface area contributed by atoms with Gasteiger partial charge in [0.2, 0.25) is 0 Å². The standard InChI is InChI=1S/C18H13Cl2N3O3.C5H12O/c19-12-3-1-11(2-4-12)10-22-17(25)14-9-13-15(20)5-6-21-16(13)23(7-8-24)18(14)26;1-5(2,3)6-4/h1-6,8-9H,7,10H2,(H,22,25);1-4H3. The van der Waals surface area contributed by atoms with Crippen molar-refractivity contribution in [1.82, 2.24) is 14.9 Å². The normalized spacial score (nSPS) is 10.9. The lowest BCUT2D eigenvalue weighted by molar-refractivity contribution is -0.108. The van der Waals surface area contributed by atoms with Crippen LogP contribution in [0.2, 0.25) is 10.0 Å². The highest BCUT2D eigenvalue weighted by molar-refractivity contribution is 6.35. The summed E-state index contributed by atoms with van der Waals surface area (Å²) in [5.74, 6) is -0.564. The van der Waals surface area contributed by atoms with Crippen LogP contribution >= 0.6 is 23.2 Å². The zero-order valence-electron chi connectivity index (χ0n) is 18.3. The van der Waals surface area contributed by atoms with Gasteiger partial charge in [0.1, 0.15) is 17.5 Å². The third kappa shape index (κ3) is 6.88. The number of carbonyl (C=O) groups is 2. The Balaban J connectivity index is 0.000000534. The van der Waals surface area contributed by atoms with Crippen molar-refractivity contribution in [1.29, 1.82) is 0 Å². The molecule has 170 valence electrons. The molecule has 3 rings (SSSR count). The minimum Gasteiger partial charge on any atom is -0.379 e. The van der Waals surface area contributed by atoms with Gasteiger partial charge in [-0.3, -0.25) is 14.2 Å². The van der Waals surface area contributed by atoms with Crippen molar-refractivity contribution in [3.63, 3.8) is 0 Å². The first-order chi connectivity index (χ1) is 15.1. The molecule has 0 spiro atoms. The highest BCUT2D eigenvalue weighted by atomic mass is 35.5. The smallest absolute Gasteiger partial charge is 0.265 e. The lowest BCUT2D eigenvalue weighted by atomic mass is 10.1. The maximum atomic E-state index is 12.6. The summed E-state index contributed by atoms with van der Waals surface area (Å²) in [4.78, 5) is 40.2. The van der Waals surface area contributed by atoms with E-state index >= 15 is 0 Å². The van der Waals surface area contributed by atoms with E-state index in [1.54, 1.807) is 37.4 Å². The summed E-state index contributed by atoms with van der Waals surface area (Å²) in [7, 11) is 1.71. The fraction of sp³-hybridized carbons (Fsp3) is 0.304. The number of rotatable bonds is 5. The van der Waals surface area contributed by atoms with Crippen LogP contribution in [0.15, 0.2) is 47.4 Å². The second-order valence-corrected chi connectivity index (χ2v) is 8.64. The van der Waals surface area contributed by atoms with Crippen LogP contribution in [-0.4, -0.2) is 34.5 Å². The molecule has 0 aliphatic carbocycles. The Bertz CT molecular complexity index is 1150. The van der Waals surface area contributed by atoms with E-state index in [0.717, 1.165) is 10.1 Å². The predicted molar refractivity (Wildman–Crippen MR) is 126 cm³/mol. The molecule has 0 unspecified atom stereocenters. The maximum Gasteiger partial charge on any atom is 0.265 e. The number of hydrogen-bond donors (Lipinski definition) is 1. The molecule has 1 aromatic carbocycles. The Morgan fingerprint density at radius 1 is 1.19 bits per heavy atom.